The number of guanidine groups is 1. The van der Waals surface area contributed by atoms with E-state index in [9.17, 15) is 9.59 Å². The van der Waals surface area contributed by atoms with Crippen molar-refractivity contribution in [3.63, 3.8) is 0 Å². The second-order valence-corrected chi connectivity index (χ2v) is 8.58. The third-order valence-corrected chi connectivity index (χ3v) is 6.77. The Hall–Kier alpha value is -3.15. The molecule has 1 aliphatic carbocycles. The molecule has 1 saturated heterocycles. The summed E-state index contributed by atoms with van der Waals surface area (Å²) in [5.74, 6) is -0.0278. The van der Waals surface area contributed by atoms with Gasteiger partial charge in [-0.2, -0.15) is 0 Å². The van der Waals surface area contributed by atoms with Gasteiger partial charge in [0, 0.05) is 11.1 Å². The number of carbonyl (C=O) groups excluding carboxylic acids is 2. The lowest BCUT2D eigenvalue weighted by atomic mass is 9.87. The largest absolute Gasteiger partial charge is 0.350 e. The Balaban J connectivity index is 1.45. The van der Waals surface area contributed by atoms with E-state index in [1.807, 2.05) is 44.2 Å². The van der Waals surface area contributed by atoms with Gasteiger partial charge in [0.1, 0.15) is 0 Å². The van der Waals surface area contributed by atoms with Gasteiger partial charge in [-0.25, -0.2) is 0 Å². The van der Waals surface area contributed by atoms with Gasteiger partial charge >= 0.3 is 0 Å². The Bertz CT molecular complexity index is 992. The fourth-order valence-electron chi connectivity index (χ4n) is 4.66. The van der Waals surface area contributed by atoms with Gasteiger partial charge in [-0.1, -0.05) is 50.2 Å². The summed E-state index contributed by atoms with van der Waals surface area (Å²) < 4.78 is 0. The highest BCUT2D eigenvalue weighted by atomic mass is 16.2. The first-order valence-corrected chi connectivity index (χ1v) is 11.1. The van der Waals surface area contributed by atoms with Crippen LogP contribution >= 0.6 is 0 Å². The monoisotopic (exact) mass is 418 g/mol. The number of hydrogen-bond acceptors (Lipinski definition) is 3. The molecule has 1 atom stereocenters. The average Bonchev–Trinajstić information content (AvgIpc) is 3.19. The quantitative estimate of drug-likeness (QED) is 0.665. The first kappa shape index (κ1) is 21.1. The summed E-state index contributed by atoms with van der Waals surface area (Å²) in [6, 6.07) is 15.6. The minimum Gasteiger partial charge on any atom is -0.350 e. The van der Waals surface area contributed by atoms with Crippen molar-refractivity contribution in [1.82, 2.24) is 15.5 Å². The van der Waals surface area contributed by atoms with E-state index >= 15 is 0 Å². The molecule has 1 heterocycles. The number of nitrogens with one attached hydrogen (secondary N) is 3. The van der Waals surface area contributed by atoms with Gasteiger partial charge in [-0.05, 0) is 54.5 Å². The van der Waals surface area contributed by atoms with Crippen LogP contribution in [0.1, 0.15) is 72.6 Å². The summed E-state index contributed by atoms with van der Waals surface area (Å²) in [7, 11) is 0. The molecule has 0 spiro atoms. The standard InChI is InChI=1S/C25H30N4O2/c1-3-25(4-2)15-22(30)29(24(26)28-25)16-17-8-7-10-19(14-17)23(31)27-21-13-12-18-9-5-6-11-20(18)21/h5-11,14,21H,3-4,12-13,15-16H2,1-2H3,(H2,26,28)(H,27,31)/t21-/m0/s1. The number of nitrogens with zero attached hydrogens (tertiary/aromatic N) is 1. The smallest absolute Gasteiger partial charge is 0.251 e. The van der Waals surface area contributed by atoms with E-state index in [2.05, 4.69) is 22.8 Å². The summed E-state index contributed by atoms with van der Waals surface area (Å²) in [5.41, 5.74) is 3.57. The van der Waals surface area contributed by atoms with Crippen molar-refractivity contribution in [3.8, 4) is 0 Å². The molecule has 6 heteroatoms. The number of aryl methyl sites for hydroxylation is 1. The zero-order chi connectivity index (χ0) is 22.0. The molecule has 2 aliphatic rings. The molecule has 0 saturated carbocycles. The van der Waals surface area contributed by atoms with Gasteiger partial charge in [0.05, 0.1) is 19.0 Å². The fourth-order valence-corrected chi connectivity index (χ4v) is 4.66. The Morgan fingerprint density at radius 3 is 2.71 bits per heavy atom. The van der Waals surface area contributed by atoms with E-state index in [1.165, 1.54) is 16.0 Å². The summed E-state index contributed by atoms with van der Waals surface area (Å²) in [5, 5.41) is 14.7. The van der Waals surface area contributed by atoms with Crippen LogP contribution in [0, 0.1) is 5.41 Å². The number of fused-ring (bicyclic) bond motifs is 1. The summed E-state index contributed by atoms with van der Waals surface area (Å²) >= 11 is 0. The van der Waals surface area contributed by atoms with Gasteiger partial charge in [0.25, 0.3) is 5.91 Å². The van der Waals surface area contributed by atoms with Crippen LogP contribution in [0.25, 0.3) is 0 Å². The van der Waals surface area contributed by atoms with E-state index in [4.69, 9.17) is 5.41 Å². The number of rotatable bonds is 6. The lowest BCUT2D eigenvalue weighted by Gasteiger charge is -2.42. The lowest BCUT2D eigenvalue weighted by molar-refractivity contribution is -0.131. The molecular formula is C25H30N4O2. The molecule has 2 aromatic carbocycles. The van der Waals surface area contributed by atoms with Crippen LogP contribution in [-0.2, 0) is 17.8 Å². The normalized spacial score (nSPS) is 19.7. The summed E-state index contributed by atoms with van der Waals surface area (Å²) in [6.07, 6.45) is 3.86. The van der Waals surface area contributed by atoms with Crippen LogP contribution in [0.2, 0.25) is 0 Å². The van der Waals surface area contributed by atoms with Crippen molar-refractivity contribution in [2.75, 3.05) is 0 Å². The molecule has 0 aromatic heterocycles. The fraction of sp³-hybridized carbons (Fsp3) is 0.400. The topological polar surface area (TPSA) is 85.3 Å². The highest BCUT2D eigenvalue weighted by Crippen LogP contribution is 2.31. The van der Waals surface area contributed by atoms with Crippen LogP contribution in [-0.4, -0.2) is 28.2 Å². The highest BCUT2D eigenvalue weighted by molar-refractivity contribution is 5.99. The predicted molar refractivity (Wildman–Crippen MR) is 121 cm³/mol. The number of amides is 2. The lowest BCUT2D eigenvalue weighted by Crippen LogP contribution is -2.61. The molecule has 3 N–H and O–H groups in total. The second-order valence-electron chi connectivity index (χ2n) is 8.58. The minimum atomic E-state index is -0.329. The van der Waals surface area contributed by atoms with Gasteiger partial charge in [-0.3, -0.25) is 19.9 Å². The number of hydrogen-bond donors (Lipinski definition) is 3. The van der Waals surface area contributed by atoms with E-state index in [-0.39, 0.29) is 35.9 Å². The molecule has 2 amide bonds. The Labute approximate surface area is 183 Å². The third kappa shape index (κ3) is 4.20. The molecule has 1 aliphatic heterocycles. The average molecular weight is 419 g/mol. The van der Waals surface area contributed by atoms with E-state index in [0.717, 1.165) is 31.2 Å². The molecule has 0 bridgehead atoms. The summed E-state index contributed by atoms with van der Waals surface area (Å²) in [6.45, 7) is 4.36. The van der Waals surface area contributed by atoms with Crippen molar-refractivity contribution in [1.29, 1.82) is 5.41 Å². The first-order valence-electron chi connectivity index (χ1n) is 11.1. The third-order valence-electron chi connectivity index (χ3n) is 6.77. The molecule has 0 unspecified atom stereocenters. The molecular weight excluding hydrogens is 388 g/mol. The molecule has 4 rings (SSSR count). The van der Waals surface area contributed by atoms with Crippen LogP contribution in [0.15, 0.2) is 48.5 Å². The van der Waals surface area contributed by atoms with Crippen LogP contribution < -0.4 is 10.6 Å². The van der Waals surface area contributed by atoms with Crippen molar-refractivity contribution in [2.45, 2.75) is 64.1 Å². The maximum atomic E-state index is 12.9. The molecule has 2 aromatic rings. The van der Waals surface area contributed by atoms with Crippen LogP contribution in [0.4, 0.5) is 0 Å². The Kier molecular flexibility index (Phi) is 5.81. The Morgan fingerprint density at radius 2 is 1.97 bits per heavy atom. The van der Waals surface area contributed by atoms with Crippen molar-refractivity contribution < 1.29 is 9.59 Å². The maximum Gasteiger partial charge on any atom is 0.251 e. The Morgan fingerprint density at radius 1 is 1.19 bits per heavy atom. The molecule has 0 radical (unpaired) electrons. The van der Waals surface area contributed by atoms with E-state index < -0.39 is 0 Å². The summed E-state index contributed by atoms with van der Waals surface area (Å²) in [4.78, 5) is 27.1. The van der Waals surface area contributed by atoms with Gasteiger partial charge in [0.2, 0.25) is 5.91 Å². The second kappa shape index (κ2) is 8.53. The molecule has 1 fully saturated rings. The van der Waals surface area contributed by atoms with E-state index in [0.29, 0.717) is 12.0 Å². The zero-order valence-corrected chi connectivity index (χ0v) is 18.2. The van der Waals surface area contributed by atoms with Crippen molar-refractivity contribution in [3.05, 3.63) is 70.8 Å². The van der Waals surface area contributed by atoms with Gasteiger partial charge in [-0.15, -0.1) is 0 Å². The highest BCUT2D eigenvalue weighted by Gasteiger charge is 2.38. The van der Waals surface area contributed by atoms with Crippen LogP contribution in [0.3, 0.4) is 0 Å². The molecule has 31 heavy (non-hydrogen) atoms. The minimum absolute atomic E-state index is 0.0321. The number of benzene rings is 2. The molecule has 6 nitrogen and oxygen atoms in total. The van der Waals surface area contributed by atoms with Gasteiger partial charge in [0.15, 0.2) is 5.96 Å². The zero-order valence-electron chi connectivity index (χ0n) is 18.2. The number of carbonyl (C=O) groups is 2. The predicted octanol–water partition coefficient (Wildman–Crippen LogP) is 3.92. The van der Waals surface area contributed by atoms with E-state index in [1.54, 1.807) is 6.07 Å². The van der Waals surface area contributed by atoms with Crippen LogP contribution in [0.5, 0.6) is 0 Å². The maximum absolute atomic E-state index is 12.9. The van der Waals surface area contributed by atoms with Crippen molar-refractivity contribution in [2.24, 2.45) is 0 Å². The SMILES string of the molecule is CCC1(CC)CC(=O)N(Cc2cccc(C(=O)N[C@H]3CCc4ccccc43)c2)C(=N)N1. The van der Waals surface area contributed by atoms with Gasteiger partial charge < -0.3 is 10.6 Å². The molecule has 162 valence electrons. The first-order chi connectivity index (χ1) is 14.9. The van der Waals surface area contributed by atoms with Crippen molar-refractivity contribution >= 4 is 17.8 Å².